The van der Waals surface area contributed by atoms with E-state index in [0.717, 1.165) is 38.3 Å². The normalized spacial score (nSPS) is 15.0. The van der Waals surface area contributed by atoms with Crippen LogP contribution in [0, 0.1) is 5.92 Å². The molecule has 2 N–H and O–H groups in total. The van der Waals surface area contributed by atoms with Crippen LogP contribution in [0.2, 0.25) is 0 Å². The van der Waals surface area contributed by atoms with Gasteiger partial charge in [-0.1, -0.05) is 13.8 Å². The second-order valence-electron chi connectivity index (χ2n) is 5.62. The van der Waals surface area contributed by atoms with Gasteiger partial charge in [0.1, 0.15) is 0 Å². The summed E-state index contributed by atoms with van der Waals surface area (Å²) >= 11 is 0. The Kier molecular flexibility index (Phi) is 7.35. The molecule has 0 spiro atoms. The van der Waals surface area contributed by atoms with E-state index in [2.05, 4.69) is 10.6 Å². The molecule has 0 unspecified atom stereocenters. The van der Waals surface area contributed by atoms with Crippen LogP contribution in [0.25, 0.3) is 0 Å². The van der Waals surface area contributed by atoms with Crippen LogP contribution in [0.15, 0.2) is 24.3 Å². The molecule has 1 aromatic carbocycles. The first-order valence-electron chi connectivity index (χ1n) is 7.49. The van der Waals surface area contributed by atoms with E-state index in [1.165, 1.54) is 0 Å². The number of hydrogen-bond donors (Lipinski definition) is 2. The molecule has 0 radical (unpaired) electrons. The van der Waals surface area contributed by atoms with Crippen LogP contribution in [0.1, 0.15) is 30.6 Å². The summed E-state index contributed by atoms with van der Waals surface area (Å²) in [5.74, 6) is -0.0241. The number of halogens is 1. The molecule has 1 heterocycles. The second kappa shape index (κ2) is 8.76. The van der Waals surface area contributed by atoms with Crippen molar-refractivity contribution in [2.75, 3.05) is 31.5 Å². The van der Waals surface area contributed by atoms with Crippen LogP contribution in [-0.4, -0.2) is 42.9 Å². The topological polar surface area (TPSA) is 61.4 Å². The third kappa shape index (κ3) is 5.00. The number of nitrogens with zero attached hydrogens (tertiary/aromatic N) is 1. The molecular weight excluding hydrogens is 302 g/mol. The Hall–Kier alpha value is -1.59. The Morgan fingerprint density at radius 2 is 1.82 bits per heavy atom. The molecular formula is C16H24ClN3O2. The highest BCUT2D eigenvalue weighted by molar-refractivity contribution is 5.96. The summed E-state index contributed by atoms with van der Waals surface area (Å²) in [5, 5.41) is 6.11. The van der Waals surface area contributed by atoms with Crippen LogP contribution in [0.5, 0.6) is 0 Å². The van der Waals surface area contributed by atoms with Crippen molar-refractivity contribution in [3.05, 3.63) is 29.8 Å². The second-order valence-corrected chi connectivity index (χ2v) is 5.62. The minimum Gasteiger partial charge on any atom is -0.337 e. The molecule has 1 aromatic rings. The molecule has 0 aliphatic carbocycles. The first-order valence-corrected chi connectivity index (χ1v) is 7.49. The van der Waals surface area contributed by atoms with E-state index >= 15 is 0 Å². The molecule has 122 valence electrons. The molecule has 0 bridgehead atoms. The number of carbonyl (C=O) groups is 2. The smallest absolute Gasteiger partial charge is 0.253 e. The lowest BCUT2D eigenvalue weighted by atomic mass is 10.1. The van der Waals surface area contributed by atoms with E-state index in [4.69, 9.17) is 0 Å². The van der Waals surface area contributed by atoms with Gasteiger partial charge in [-0.05, 0) is 37.2 Å². The number of hydrogen-bond acceptors (Lipinski definition) is 3. The predicted molar refractivity (Wildman–Crippen MR) is 90.5 cm³/mol. The fraction of sp³-hybridized carbons (Fsp3) is 0.500. The van der Waals surface area contributed by atoms with E-state index in [-0.39, 0.29) is 30.1 Å². The largest absolute Gasteiger partial charge is 0.337 e. The summed E-state index contributed by atoms with van der Waals surface area (Å²) in [6.45, 7) is 7.03. The van der Waals surface area contributed by atoms with E-state index in [1.54, 1.807) is 24.3 Å². The number of carbonyl (C=O) groups excluding carboxylic acids is 2. The van der Waals surface area contributed by atoms with Gasteiger partial charge in [-0.2, -0.15) is 0 Å². The van der Waals surface area contributed by atoms with Crippen LogP contribution < -0.4 is 10.6 Å². The lowest BCUT2D eigenvalue weighted by Crippen LogP contribution is -2.34. The average Bonchev–Trinajstić information content (AvgIpc) is 2.76. The quantitative estimate of drug-likeness (QED) is 0.895. The Morgan fingerprint density at radius 1 is 1.14 bits per heavy atom. The first kappa shape index (κ1) is 18.5. The van der Waals surface area contributed by atoms with Crippen molar-refractivity contribution in [1.82, 2.24) is 10.2 Å². The number of rotatable bonds is 3. The fourth-order valence-electron chi connectivity index (χ4n) is 2.21. The summed E-state index contributed by atoms with van der Waals surface area (Å²) in [6, 6.07) is 7.11. The van der Waals surface area contributed by atoms with Gasteiger partial charge in [-0.15, -0.1) is 12.4 Å². The predicted octanol–water partition coefficient (Wildman–Crippen LogP) is 2.14. The van der Waals surface area contributed by atoms with Crippen LogP contribution in [-0.2, 0) is 4.79 Å². The summed E-state index contributed by atoms with van der Waals surface area (Å²) < 4.78 is 0. The molecule has 1 fully saturated rings. The fourth-order valence-corrected chi connectivity index (χ4v) is 2.21. The highest BCUT2D eigenvalue weighted by atomic mass is 35.5. The first-order chi connectivity index (χ1) is 10.1. The van der Waals surface area contributed by atoms with E-state index in [1.807, 2.05) is 18.7 Å². The standard InChI is InChI=1S/C16H23N3O2.ClH/c1-12(2)15(20)18-14-6-4-13(5-7-14)16(21)19-10-3-8-17-9-11-19;/h4-7,12,17H,3,8-11H2,1-2H3,(H,18,20);1H. The Morgan fingerprint density at radius 3 is 2.45 bits per heavy atom. The molecule has 2 amide bonds. The number of amides is 2. The molecule has 0 saturated carbocycles. The molecule has 5 nitrogen and oxygen atoms in total. The monoisotopic (exact) mass is 325 g/mol. The maximum absolute atomic E-state index is 12.4. The number of anilines is 1. The zero-order valence-corrected chi connectivity index (χ0v) is 13.9. The van der Waals surface area contributed by atoms with Crippen LogP contribution in [0.4, 0.5) is 5.69 Å². The molecule has 2 rings (SSSR count). The Balaban J connectivity index is 0.00000242. The van der Waals surface area contributed by atoms with Gasteiger partial charge in [0.25, 0.3) is 5.91 Å². The van der Waals surface area contributed by atoms with Crippen molar-refractivity contribution in [1.29, 1.82) is 0 Å². The SMILES string of the molecule is CC(C)C(=O)Nc1ccc(C(=O)N2CCCNCC2)cc1.Cl. The summed E-state index contributed by atoms with van der Waals surface area (Å²) in [5.41, 5.74) is 1.39. The third-order valence-electron chi connectivity index (χ3n) is 3.55. The van der Waals surface area contributed by atoms with Gasteiger partial charge < -0.3 is 15.5 Å². The van der Waals surface area contributed by atoms with Gasteiger partial charge in [0.15, 0.2) is 0 Å². The van der Waals surface area contributed by atoms with Crippen molar-refractivity contribution in [3.63, 3.8) is 0 Å². The summed E-state index contributed by atoms with van der Waals surface area (Å²) in [7, 11) is 0. The van der Waals surface area contributed by atoms with Gasteiger partial charge in [0.2, 0.25) is 5.91 Å². The summed E-state index contributed by atoms with van der Waals surface area (Å²) in [4.78, 5) is 25.9. The Bertz CT molecular complexity index is 495. The van der Waals surface area contributed by atoms with Gasteiger partial charge in [0, 0.05) is 36.8 Å². The van der Waals surface area contributed by atoms with Crippen molar-refractivity contribution in [2.45, 2.75) is 20.3 Å². The van der Waals surface area contributed by atoms with Gasteiger partial charge in [0.05, 0.1) is 0 Å². The summed E-state index contributed by atoms with van der Waals surface area (Å²) in [6.07, 6.45) is 0.980. The highest BCUT2D eigenvalue weighted by Gasteiger charge is 2.17. The van der Waals surface area contributed by atoms with Crippen LogP contribution >= 0.6 is 12.4 Å². The average molecular weight is 326 g/mol. The Labute approximate surface area is 137 Å². The molecule has 1 aliphatic rings. The molecule has 0 atom stereocenters. The van der Waals surface area contributed by atoms with E-state index < -0.39 is 0 Å². The molecule has 6 heteroatoms. The highest BCUT2D eigenvalue weighted by Crippen LogP contribution is 2.13. The minimum atomic E-state index is -0.0593. The van der Waals surface area contributed by atoms with Crippen molar-refractivity contribution >= 4 is 29.9 Å². The van der Waals surface area contributed by atoms with E-state index in [9.17, 15) is 9.59 Å². The lowest BCUT2D eigenvalue weighted by molar-refractivity contribution is -0.118. The van der Waals surface area contributed by atoms with Crippen molar-refractivity contribution in [3.8, 4) is 0 Å². The zero-order chi connectivity index (χ0) is 15.2. The number of nitrogens with one attached hydrogen (secondary N) is 2. The van der Waals surface area contributed by atoms with Crippen molar-refractivity contribution < 1.29 is 9.59 Å². The van der Waals surface area contributed by atoms with Gasteiger partial charge in [-0.3, -0.25) is 9.59 Å². The van der Waals surface area contributed by atoms with E-state index in [0.29, 0.717) is 5.56 Å². The van der Waals surface area contributed by atoms with Crippen LogP contribution in [0.3, 0.4) is 0 Å². The maximum atomic E-state index is 12.4. The molecule has 1 saturated heterocycles. The zero-order valence-electron chi connectivity index (χ0n) is 13.1. The molecule has 22 heavy (non-hydrogen) atoms. The van der Waals surface area contributed by atoms with Gasteiger partial charge in [-0.25, -0.2) is 0 Å². The molecule has 0 aromatic heterocycles. The lowest BCUT2D eigenvalue weighted by Gasteiger charge is -2.20. The third-order valence-corrected chi connectivity index (χ3v) is 3.55. The van der Waals surface area contributed by atoms with Gasteiger partial charge >= 0.3 is 0 Å². The maximum Gasteiger partial charge on any atom is 0.253 e. The minimum absolute atomic E-state index is 0. The number of benzene rings is 1. The van der Waals surface area contributed by atoms with Crippen molar-refractivity contribution in [2.24, 2.45) is 5.92 Å². The molecule has 1 aliphatic heterocycles.